The highest BCUT2D eigenvalue weighted by Gasteiger charge is 2.66. The van der Waals surface area contributed by atoms with Gasteiger partial charge in [-0.2, -0.15) is 0 Å². The van der Waals surface area contributed by atoms with Crippen LogP contribution in [0.5, 0.6) is 0 Å². The van der Waals surface area contributed by atoms with Crippen molar-refractivity contribution < 1.29 is 0 Å². The van der Waals surface area contributed by atoms with E-state index in [2.05, 4.69) is 65.6 Å². The van der Waals surface area contributed by atoms with Crippen LogP contribution in [0, 0.1) is 16.7 Å². The van der Waals surface area contributed by atoms with Gasteiger partial charge in [0.2, 0.25) is 0 Å². The zero-order valence-electron chi connectivity index (χ0n) is 9.97. The van der Waals surface area contributed by atoms with Crippen molar-refractivity contribution in [3.8, 4) is 0 Å². The number of thiophene rings is 1. The van der Waals surface area contributed by atoms with Crippen molar-refractivity contribution in [1.82, 2.24) is 0 Å². The summed E-state index contributed by atoms with van der Waals surface area (Å²) in [5, 5.41) is 0. The van der Waals surface area contributed by atoms with E-state index in [0.717, 1.165) is 8.26 Å². The number of hydrogen-bond acceptors (Lipinski definition) is 2. The molecular weight excluding hydrogens is 350 g/mol. The van der Waals surface area contributed by atoms with Crippen LogP contribution in [0.3, 0.4) is 0 Å². The monoisotopic (exact) mass is 365 g/mol. The second-order valence-corrected chi connectivity index (χ2v) is 8.97. The van der Waals surface area contributed by atoms with Crippen molar-refractivity contribution in [2.45, 2.75) is 33.7 Å². The smallest absolute Gasteiger partial charge is 0.0843 e. The molecule has 1 unspecified atom stereocenters. The van der Waals surface area contributed by atoms with Gasteiger partial charge in [0.25, 0.3) is 0 Å². The summed E-state index contributed by atoms with van der Waals surface area (Å²) in [6, 6.07) is 2.29. The number of nitrogens with two attached hydrogens (primary N) is 1. The lowest BCUT2D eigenvalue weighted by atomic mass is 10.0. The number of halogens is 2. The average molecular weight is 367 g/mol. The lowest BCUT2D eigenvalue weighted by Gasteiger charge is -2.11. The van der Waals surface area contributed by atoms with E-state index in [1.54, 1.807) is 11.3 Å². The summed E-state index contributed by atoms with van der Waals surface area (Å²) < 4.78 is 2.24. The minimum atomic E-state index is 0.151. The molecule has 2 N–H and O–H groups in total. The second-order valence-electron chi connectivity index (χ2n) is 5.72. The third kappa shape index (κ3) is 1.73. The Bertz CT molecular complexity index is 389. The molecule has 2 rings (SSSR count). The Labute approximate surface area is 118 Å². The fourth-order valence-electron chi connectivity index (χ4n) is 2.84. The van der Waals surface area contributed by atoms with Gasteiger partial charge in [0, 0.05) is 15.4 Å². The van der Waals surface area contributed by atoms with Crippen LogP contribution < -0.4 is 5.73 Å². The highest BCUT2D eigenvalue weighted by molar-refractivity contribution is 9.13. The van der Waals surface area contributed by atoms with E-state index in [1.165, 1.54) is 4.88 Å². The summed E-state index contributed by atoms with van der Waals surface area (Å²) >= 11 is 8.78. The van der Waals surface area contributed by atoms with Crippen molar-refractivity contribution >= 4 is 43.2 Å². The molecule has 1 aromatic heterocycles. The van der Waals surface area contributed by atoms with Gasteiger partial charge >= 0.3 is 0 Å². The van der Waals surface area contributed by atoms with Crippen LogP contribution in [0.2, 0.25) is 0 Å². The Morgan fingerprint density at radius 3 is 2.06 bits per heavy atom. The third-order valence-electron chi connectivity index (χ3n) is 4.48. The SMILES string of the molecule is CC1(C)C(C(N)c2cc(Br)c(Br)s2)C1(C)C. The van der Waals surface area contributed by atoms with Crippen molar-refractivity contribution in [2.24, 2.45) is 22.5 Å². The van der Waals surface area contributed by atoms with Crippen LogP contribution in [0.15, 0.2) is 14.3 Å². The molecule has 1 aliphatic carbocycles. The predicted octanol–water partition coefficient (Wildman–Crippen LogP) is 4.96. The molecule has 0 aromatic carbocycles. The first kappa shape index (κ1) is 13.1. The van der Waals surface area contributed by atoms with E-state index in [-0.39, 0.29) is 6.04 Å². The molecule has 90 valence electrons. The van der Waals surface area contributed by atoms with Crippen molar-refractivity contribution in [2.75, 3.05) is 0 Å². The predicted molar refractivity (Wildman–Crippen MR) is 77.7 cm³/mol. The van der Waals surface area contributed by atoms with E-state index in [4.69, 9.17) is 5.73 Å². The van der Waals surface area contributed by atoms with Gasteiger partial charge in [0.05, 0.1) is 3.79 Å². The summed E-state index contributed by atoms with van der Waals surface area (Å²) in [7, 11) is 0. The second kappa shape index (κ2) is 3.81. The fourth-order valence-corrected chi connectivity index (χ4v) is 4.97. The molecule has 1 nitrogen and oxygen atoms in total. The highest BCUT2D eigenvalue weighted by Crippen LogP contribution is 2.72. The first-order chi connectivity index (χ1) is 7.19. The van der Waals surface area contributed by atoms with E-state index in [9.17, 15) is 0 Å². The molecule has 0 bridgehead atoms. The lowest BCUT2D eigenvalue weighted by Crippen LogP contribution is -2.15. The molecule has 0 spiro atoms. The maximum absolute atomic E-state index is 6.40. The van der Waals surface area contributed by atoms with Gasteiger partial charge in [-0.05, 0) is 54.7 Å². The normalized spacial score (nSPS) is 24.4. The van der Waals surface area contributed by atoms with Crippen LogP contribution >= 0.6 is 43.2 Å². The van der Waals surface area contributed by atoms with Crippen molar-refractivity contribution in [1.29, 1.82) is 0 Å². The summed E-state index contributed by atoms with van der Waals surface area (Å²) in [4.78, 5) is 1.27. The third-order valence-corrected chi connectivity index (χ3v) is 7.84. The van der Waals surface area contributed by atoms with Gasteiger partial charge in [0.1, 0.15) is 0 Å². The highest BCUT2D eigenvalue weighted by atomic mass is 79.9. The molecule has 0 aliphatic heterocycles. The van der Waals surface area contributed by atoms with Crippen LogP contribution in [0.4, 0.5) is 0 Å². The Morgan fingerprint density at radius 1 is 1.25 bits per heavy atom. The Morgan fingerprint density at radius 2 is 1.75 bits per heavy atom. The molecule has 0 radical (unpaired) electrons. The fraction of sp³-hybridized carbons (Fsp3) is 0.667. The lowest BCUT2D eigenvalue weighted by molar-refractivity contribution is 0.457. The summed E-state index contributed by atoms with van der Waals surface area (Å²) in [5.74, 6) is 0.567. The first-order valence-corrected chi connectivity index (χ1v) is 7.80. The van der Waals surface area contributed by atoms with Crippen LogP contribution in [-0.2, 0) is 0 Å². The molecule has 0 saturated heterocycles. The topological polar surface area (TPSA) is 26.0 Å². The van der Waals surface area contributed by atoms with Crippen molar-refractivity contribution in [3.05, 3.63) is 19.2 Å². The number of hydrogen-bond donors (Lipinski definition) is 1. The van der Waals surface area contributed by atoms with Gasteiger partial charge in [-0.15, -0.1) is 11.3 Å². The van der Waals surface area contributed by atoms with Gasteiger partial charge in [-0.1, -0.05) is 27.7 Å². The minimum absolute atomic E-state index is 0.151. The van der Waals surface area contributed by atoms with E-state index in [1.807, 2.05) is 0 Å². The summed E-state index contributed by atoms with van der Waals surface area (Å²) in [6.07, 6.45) is 0. The van der Waals surface area contributed by atoms with Crippen LogP contribution in [0.25, 0.3) is 0 Å². The van der Waals surface area contributed by atoms with E-state index < -0.39 is 0 Å². The average Bonchev–Trinajstić information content (AvgIpc) is 2.39. The molecule has 1 fully saturated rings. The van der Waals surface area contributed by atoms with E-state index in [0.29, 0.717) is 16.7 Å². The minimum Gasteiger partial charge on any atom is -0.323 e. The quantitative estimate of drug-likeness (QED) is 0.786. The molecule has 16 heavy (non-hydrogen) atoms. The van der Waals surface area contributed by atoms with Gasteiger partial charge in [0.15, 0.2) is 0 Å². The molecule has 1 aliphatic rings. The molecular formula is C12H17Br2NS. The van der Waals surface area contributed by atoms with Crippen LogP contribution in [-0.4, -0.2) is 0 Å². The summed E-state index contributed by atoms with van der Waals surface area (Å²) in [6.45, 7) is 9.26. The number of rotatable bonds is 2. The zero-order valence-corrected chi connectivity index (χ0v) is 14.0. The molecule has 1 saturated carbocycles. The van der Waals surface area contributed by atoms with Gasteiger partial charge < -0.3 is 5.73 Å². The molecule has 1 heterocycles. The Balaban J connectivity index is 2.25. The maximum Gasteiger partial charge on any atom is 0.0843 e. The van der Waals surface area contributed by atoms with Gasteiger partial charge in [-0.25, -0.2) is 0 Å². The molecule has 0 amide bonds. The molecule has 4 heteroatoms. The van der Waals surface area contributed by atoms with Crippen LogP contribution in [0.1, 0.15) is 38.6 Å². The largest absolute Gasteiger partial charge is 0.323 e. The van der Waals surface area contributed by atoms with E-state index >= 15 is 0 Å². The maximum atomic E-state index is 6.40. The Kier molecular flexibility index (Phi) is 3.11. The van der Waals surface area contributed by atoms with Crippen molar-refractivity contribution in [3.63, 3.8) is 0 Å². The Hall–Kier alpha value is 0.620. The summed E-state index contributed by atoms with van der Waals surface area (Å²) in [5.41, 5.74) is 7.09. The standard InChI is InChI=1S/C12H17Br2NS/c1-11(2)9(12(11,3)4)8(15)7-5-6(13)10(14)16-7/h5,8-9H,15H2,1-4H3. The first-order valence-electron chi connectivity index (χ1n) is 5.40. The molecule has 1 aromatic rings. The molecule has 1 atom stereocenters. The van der Waals surface area contributed by atoms with Gasteiger partial charge in [-0.3, -0.25) is 0 Å². The zero-order chi connectivity index (χ0) is 12.3.